The van der Waals surface area contributed by atoms with E-state index in [1.807, 2.05) is 0 Å². The molecule has 16 heavy (non-hydrogen) atoms. The minimum absolute atomic E-state index is 0.202. The maximum absolute atomic E-state index is 11.9. The summed E-state index contributed by atoms with van der Waals surface area (Å²) in [5, 5.41) is 3.19. The van der Waals surface area contributed by atoms with Gasteiger partial charge >= 0.3 is 0 Å². The molecule has 0 aliphatic carbocycles. The fraction of sp³-hybridized carbons (Fsp3) is 0.923. The van der Waals surface area contributed by atoms with Crippen LogP contribution in [0.5, 0.6) is 0 Å². The Labute approximate surface area is 99.6 Å². The third-order valence-corrected chi connectivity index (χ3v) is 3.65. The third-order valence-electron chi connectivity index (χ3n) is 3.65. The van der Waals surface area contributed by atoms with E-state index in [1.54, 1.807) is 0 Å². The Hall–Kier alpha value is -0.570. The molecule has 1 aliphatic rings. The molecule has 0 aromatic heterocycles. The molecule has 94 valence electrons. The van der Waals surface area contributed by atoms with Crippen LogP contribution in [-0.4, -0.2) is 36.0 Å². The van der Waals surface area contributed by atoms with E-state index < -0.39 is 0 Å². The van der Waals surface area contributed by atoms with Crippen molar-refractivity contribution in [3.8, 4) is 0 Å². The van der Waals surface area contributed by atoms with E-state index in [1.165, 1.54) is 0 Å². The van der Waals surface area contributed by atoms with Crippen LogP contribution in [-0.2, 0) is 4.79 Å². The van der Waals surface area contributed by atoms with Gasteiger partial charge in [0, 0.05) is 31.1 Å². The van der Waals surface area contributed by atoms with Crippen LogP contribution in [0.1, 0.15) is 47.0 Å². The first-order chi connectivity index (χ1) is 7.58. The second-order valence-electron chi connectivity index (χ2n) is 5.10. The molecule has 1 atom stereocenters. The Morgan fingerprint density at radius 1 is 1.38 bits per heavy atom. The van der Waals surface area contributed by atoms with Gasteiger partial charge < -0.3 is 5.32 Å². The molecule has 3 heteroatoms. The van der Waals surface area contributed by atoms with E-state index in [4.69, 9.17) is 0 Å². The minimum atomic E-state index is 0.202. The first-order valence-electron chi connectivity index (χ1n) is 6.62. The maximum atomic E-state index is 11.9. The fourth-order valence-corrected chi connectivity index (χ4v) is 2.35. The molecular weight excluding hydrogens is 200 g/mol. The van der Waals surface area contributed by atoms with Crippen LogP contribution in [0.15, 0.2) is 0 Å². The Balaban J connectivity index is 2.36. The number of nitrogens with one attached hydrogen (secondary N) is 1. The number of nitrogens with zero attached hydrogens (tertiary/aromatic N) is 1. The number of likely N-dealkylation sites (tertiary alicyclic amines) is 1. The van der Waals surface area contributed by atoms with Gasteiger partial charge in [-0.1, -0.05) is 13.8 Å². The number of rotatable bonds is 5. The smallest absolute Gasteiger partial charge is 0.223 e. The van der Waals surface area contributed by atoms with Crippen molar-refractivity contribution in [1.29, 1.82) is 0 Å². The molecule has 1 unspecified atom stereocenters. The lowest BCUT2D eigenvalue weighted by atomic mass is 10.0. The van der Waals surface area contributed by atoms with Gasteiger partial charge in [0.15, 0.2) is 0 Å². The summed E-state index contributed by atoms with van der Waals surface area (Å²) in [7, 11) is 0. The molecule has 1 saturated heterocycles. The number of carbonyl (C=O) groups excluding carboxylic acids is 1. The molecule has 0 saturated carbocycles. The summed E-state index contributed by atoms with van der Waals surface area (Å²) in [4.78, 5) is 14.3. The fourth-order valence-electron chi connectivity index (χ4n) is 2.35. The highest BCUT2D eigenvalue weighted by molar-refractivity contribution is 5.78. The normalized spacial score (nSPS) is 22.0. The van der Waals surface area contributed by atoms with Crippen LogP contribution in [0.2, 0.25) is 0 Å². The Kier molecular flexibility index (Phi) is 5.26. The van der Waals surface area contributed by atoms with Crippen LogP contribution in [0.4, 0.5) is 0 Å². The van der Waals surface area contributed by atoms with Gasteiger partial charge in [0.1, 0.15) is 0 Å². The molecule has 0 bridgehead atoms. The van der Waals surface area contributed by atoms with Crippen molar-refractivity contribution in [1.82, 2.24) is 10.2 Å². The summed E-state index contributed by atoms with van der Waals surface area (Å²) in [5.41, 5.74) is 0. The maximum Gasteiger partial charge on any atom is 0.223 e. The van der Waals surface area contributed by atoms with Crippen molar-refractivity contribution < 1.29 is 4.79 Å². The topological polar surface area (TPSA) is 32.3 Å². The van der Waals surface area contributed by atoms with Gasteiger partial charge in [0.2, 0.25) is 5.91 Å². The summed E-state index contributed by atoms with van der Waals surface area (Å²) in [5.74, 6) is 0.453. The van der Waals surface area contributed by atoms with E-state index in [2.05, 4.69) is 37.9 Å². The first-order valence-corrected chi connectivity index (χ1v) is 6.62. The van der Waals surface area contributed by atoms with Crippen LogP contribution in [0.3, 0.4) is 0 Å². The summed E-state index contributed by atoms with van der Waals surface area (Å²) < 4.78 is 0. The van der Waals surface area contributed by atoms with Gasteiger partial charge in [-0.2, -0.15) is 0 Å². The van der Waals surface area contributed by atoms with E-state index in [0.29, 0.717) is 12.1 Å². The minimum Gasteiger partial charge on any atom is -0.352 e. The van der Waals surface area contributed by atoms with Crippen molar-refractivity contribution >= 4 is 5.91 Å². The van der Waals surface area contributed by atoms with Crippen molar-refractivity contribution in [3.05, 3.63) is 0 Å². The van der Waals surface area contributed by atoms with Gasteiger partial charge in [0.25, 0.3) is 0 Å². The molecule has 0 aromatic carbocycles. The van der Waals surface area contributed by atoms with Crippen LogP contribution in [0, 0.1) is 5.92 Å². The van der Waals surface area contributed by atoms with E-state index in [-0.39, 0.29) is 11.8 Å². The highest BCUT2D eigenvalue weighted by Gasteiger charge is 2.26. The van der Waals surface area contributed by atoms with Crippen LogP contribution in [0.25, 0.3) is 0 Å². The molecule has 0 aromatic rings. The SMILES string of the molecule is CCC(CC)C(=O)NC1CCN(C(C)C)C1. The molecule has 0 spiro atoms. The molecular formula is C13H26N2O. The van der Waals surface area contributed by atoms with E-state index >= 15 is 0 Å². The lowest BCUT2D eigenvalue weighted by molar-refractivity contribution is -0.125. The molecule has 1 amide bonds. The Bertz CT molecular complexity index is 224. The molecule has 1 rings (SSSR count). The average Bonchev–Trinajstić information content (AvgIpc) is 2.68. The van der Waals surface area contributed by atoms with Gasteiger partial charge in [-0.05, 0) is 33.1 Å². The summed E-state index contributed by atoms with van der Waals surface area (Å²) in [6.07, 6.45) is 3.00. The van der Waals surface area contributed by atoms with Crippen molar-refractivity contribution in [2.24, 2.45) is 5.92 Å². The number of amides is 1. The predicted molar refractivity (Wildman–Crippen MR) is 67.3 cm³/mol. The van der Waals surface area contributed by atoms with Crippen LogP contribution >= 0.6 is 0 Å². The molecule has 0 radical (unpaired) electrons. The summed E-state index contributed by atoms with van der Waals surface area (Å²) >= 11 is 0. The molecule has 1 fully saturated rings. The highest BCUT2D eigenvalue weighted by atomic mass is 16.1. The van der Waals surface area contributed by atoms with Gasteiger partial charge in [-0.25, -0.2) is 0 Å². The number of hydrogen-bond acceptors (Lipinski definition) is 2. The van der Waals surface area contributed by atoms with Gasteiger partial charge in [0.05, 0.1) is 0 Å². The van der Waals surface area contributed by atoms with E-state index in [9.17, 15) is 4.79 Å². The lowest BCUT2D eigenvalue weighted by Gasteiger charge is -2.21. The monoisotopic (exact) mass is 226 g/mol. The first kappa shape index (κ1) is 13.5. The van der Waals surface area contributed by atoms with Gasteiger partial charge in [-0.3, -0.25) is 9.69 Å². The number of hydrogen-bond donors (Lipinski definition) is 1. The zero-order valence-electron chi connectivity index (χ0n) is 11.1. The molecule has 1 N–H and O–H groups in total. The van der Waals surface area contributed by atoms with Crippen molar-refractivity contribution in [2.75, 3.05) is 13.1 Å². The Morgan fingerprint density at radius 3 is 2.44 bits per heavy atom. The van der Waals surface area contributed by atoms with Crippen molar-refractivity contribution in [3.63, 3.8) is 0 Å². The average molecular weight is 226 g/mol. The number of carbonyl (C=O) groups is 1. The lowest BCUT2D eigenvalue weighted by Crippen LogP contribution is -2.41. The Morgan fingerprint density at radius 2 is 2.00 bits per heavy atom. The second-order valence-corrected chi connectivity index (χ2v) is 5.10. The van der Waals surface area contributed by atoms with E-state index in [0.717, 1.165) is 32.4 Å². The summed E-state index contributed by atoms with van der Waals surface area (Å²) in [6, 6.07) is 0.963. The molecule has 3 nitrogen and oxygen atoms in total. The second kappa shape index (κ2) is 6.24. The quantitative estimate of drug-likeness (QED) is 0.778. The van der Waals surface area contributed by atoms with Crippen LogP contribution < -0.4 is 5.32 Å². The largest absolute Gasteiger partial charge is 0.352 e. The predicted octanol–water partition coefficient (Wildman–Crippen LogP) is 2.02. The third kappa shape index (κ3) is 3.48. The summed E-state index contributed by atoms with van der Waals surface area (Å²) in [6.45, 7) is 10.7. The highest BCUT2D eigenvalue weighted by Crippen LogP contribution is 2.14. The van der Waals surface area contributed by atoms with Crippen molar-refractivity contribution in [2.45, 2.75) is 59.0 Å². The molecule has 1 heterocycles. The zero-order chi connectivity index (χ0) is 12.1. The standard InChI is InChI=1S/C13H26N2O/c1-5-11(6-2)13(16)14-12-7-8-15(9-12)10(3)4/h10-12H,5-9H2,1-4H3,(H,14,16). The van der Waals surface area contributed by atoms with Gasteiger partial charge in [-0.15, -0.1) is 0 Å². The molecule has 1 aliphatic heterocycles. The zero-order valence-corrected chi connectivity index (χ0v) is 11.1.